The van der Waals surface area contributed by atoms with E-state index in [9.17, 15) is 14.7 Å². The van der Waals surface area contributed by atoms with Crippen molar-refractivity contribution in [2.45, 2.75) is 57.2 Å². The molecule has 1 saturated heterocycles. The summed E-state index contributed by atoms with van der Waals surface area (Å²) in [6.45, 7) is 3.24. The van der Waals surface area contributed by atoms with Crippen LogP contribution in [0.4, 0.5) is 0 Å². The third-order valence-corrected chi connectivity index (χ3v) is 7.88. The van der Waals surface area contributed by atoms with E-state index in [0.29, 0.717) is 41.5 Å². The van der Waals surface area contributed by atoms with Crippen LogP contribution in [0.5, 0.6) is 5.75 Å². The van der Waals surface area contributed by atoms with Crippen LogP contribution in [0.3, 0.4) is 0 Å². The Labute approximate surface area is 253 Å². The highest BCUT2D eigenvalue weighted by Gasteiger charge is 2.25. The van der Waals surface area contributed by atoms with Crippen LogP contribution < -0.4 is 16.4 Å². The zero-order valence-electron chi connectivity index (χ0n) is 23.3. The van der Waals surface area contributed by atoms with Gasteiger partial charge in [0.2, 0.25) is 12.3 Å². The number of rotatable bonds is 13. The van der Waals surface area contributed by atoms with Crippen LogP contribution in [0.15, 0.2) is 72.8 Å². The van der Waals surface area contributed by atoms with Gasteiger partial charge in [0, 0.05) is 44.7 Å². The number of amides is 2. The van der Waals surface area contributed by atoms with Gasteiger partial charge in [0.1, 0.15) is 5.75 Å². The number of phenolic OH excluding ortho intramolecular Hbond substituents is 1. The van der Waals surface area contributed by atoms with E-state index < -0.39 is 0 Å². The Morgan fingerprint density at radius 2 is 1.68 bits per heavy atom. The van der Waals surface area contributed by atoms with Crippen LogP contribution in [-0.2, 0) is 29.0 Å². The number of likely N-dealkylation sites (tertiary alicyclic amines) is 1. The van der Waals surface area contributed by atoms with Gasteiger partial charge in [-0.1, -0.05) is 71.7 Å². The van der Waals surface area contributed by atoms with E-state index >= 15 is 0 Å². The number of nitrogens with one attached hydrogen (secondary N) is 2. The number of phenols is 1. The minimum Gasteiger partial charge on any atom is -0.508 e. The summed E-state index contributed by atoms with van der Waals surface area (Å²) in [5, 5.41) is 15.8. The van der Waals surface area contributed by atoms with Crippen molar-refractivity contribution >= 4 is 35.5 Å². The number of halogens is 2. The van der Waals surface area contributed by atoms with Gasteiger partial charge in [-0.2, -0.15) is 0 Å². The number of aromatic hydroxyl groups is 1. The van der Waals surface area contributed by atoms with Crippen LogP contribution in [-0.4, -0.2) is 54.0 Å². The van der Waals surface area contributed by atoms with E-state index in [1.807, 2.05) is 18.2 Å². The first-order valence-electron chi connectivity index (χ1n) is 14.0. The lowest BCUT2D eigenvalue weighted by molar-refractivity contribution is -0.121. The molecule has 3 aromatic carbocycles. The number of carbonyl (C=O) groups excluding carboxylic acids is 2. The number of hydrogen-bond donors (Lipinski definition) is 4. The zero-order chi connectivity index (χ0) is 29.5. The highest BCUT2D eigenvalue weighted by atomic mass is 35.5. The second kappa shape index (κ2) is 17.7. The molecule has 220 valence electrons. The maximum atomic E-state index is 11.8. The van der Waals surface area contributed by atoms with Gasteiger partial charge in [0.25, 0.3) is 0 Å². The maximum Gasteiger partial charge on any atom is 0.220 e. The Morgan fingerprint density at radius 1 is 0.976 bits per heavy atom. The highest BCUT2D eigenvalue weighted by molar-refractivity contribution is 6.42. The zero-order valence-corrected chi connectivity index (χ0v) is 24.8. The summed E-state index contributed by atoms with van der Waals surface area (Å²) in [6.07, 6.45) is 6.10. The molecule has 2 atom stereocenters. The second-order valence-electron chi connectivity index (χ2n) is 10.3. The second-order valence-corrected chi connectivity index (χ2v) is 11.1. The van der Waals surface area contributed by atoms with Crippen molar-refractivity contribution in [2.75, 3.05) is 19.6 Å². The van der Waals surface area contributed by atoms with Crippen molar-refractivity contribution in [3.8, 4) is 5.75 Å². The smallest absolute Gasteiger partial charge is 0.220 e. The molecule has 0 bridgehead atoms. The quantitative estimate of drug-likeness (QED) is 0.162. The molecule has 1 aliphatic rings. The molecule has 1 fully saturated rings. The Balaban J connectivity index is 0.000000226. The molecule has 3 aromatic rings. The number of hydrogen-bond acceptors (Lipinski definition) is 5. The summed E-state index contributed by atoms with van der Waals surface area (Å²) in [5.74, 6) is 0.192. The molecular weight excluding hydrogens is 559 g/mol. The van der Waals surface area contributed by atoms with E-state index in [4.69, 9.17) is 28.9 Å². The number of carbonyl (C=O) groups is 2. The lowest BCUT2D eigenvalue weighted by Crippen LogP contribution is -2.37. The number of aryl methyl sites for hydroxylation is 2. The van der Waals surface area contributed by atoms with Crippen molar-refractivity contribution in [3.63, 3.8) is 0 Å². The van der Waals surface area contributed by atoms with Crippen molar-refractivity contribution in [2.24, 2.45) is 5.73 Å². The Kier molecular flexibility index (Phi) is 14.0. The van der Waals surface area contributed by atoms with E-state index in [1.165, 1.54) is 5.56 Å². The first kappa shape index (κ1) is 32.4. The molecule has 7 nitrogen and oxygen atoms in total. The molecule has 0 radical (unpaired) electrons. The molecule has 2 amide bonds. The first-order chi connectivity index (χ1) is 19.8. The Bertz CT molecular complexity index is 1210. The average Bonchev–Trinajstić information content (AvgIpc) is 3.42. The molecule has 1 aliphatic heterocycles. The third kappa shape index (κ3) is 12.1. The minimum absolute atomic E-state index is 0.0332. The van der Waals surface area contributed by atoms with Crippen LogP contribution in [0.1, 0.15) is 42.4 Å². The maximum absolute atomic E-state index is 11.8. The molecule has 0 aromatic heterocycles. The third-order valence-electron chi connectivity index (χ3n) is 7.14. The normalized spacial score (nSPS) is 15.4. The van der Waals surface area contributed by atoms with Gasteiger partial charge in [0.15, 0.2) is 0 Å². The highest BCUT2D eigenvalue weighted by Crippen LogP contribution is 2.22. The predicted molar refractivity (Wildman–Crippen MR) is 166 cm³/mol. The molecule has 0 spiro atoms. The van der Waals surface area contributed by atoms with Gasteiger partial charge in [0.05, 0.1) is 10.0 Å². The first-order valence-corrected chi connectivity index (χ1v) is 14.8. The van der Waals surface area contributed by atoms with Crippen LogP contribution in [0, 0.1) is 0 Å². The fraction of sp³-hybridized carbons (Fsp3) is 0.375. The molecule has 4 rings (SSSR count). The van der Waals surface area contributed by atoms with Gasteiger partial charge in [-0.05, 0) is 73.1 Å². The lowest BCUT2D eigenvalue weighted by atomic mass is 10.0. The summed E-state index contributed by atoms with van der Waals surface area (Å²) in [4.78, 5) is 24.7. The van der Waals surface area contributed by atoms with E-state index in [0.717, 1.165) is 62.9 Å². The Hall–Kier alpha value is -3.10. The molecular formula is C32H40Cl2N4O3. The predicted octanol–water partition coefficient (Wildman–Crippen LogP) is 5.10. The summed E-state index contributed by atoms with van der Waals surface area (Å²) in [7, 11) is 0. The van der Waals surface area contributed by atoms with Crippen LogP contribution >= 0.6 is 23.2 Å². The van der Waals surface area contributed by atoms with Crippen LogP contribution in [0.2, 0.25) is 10.0 Å². The molecule has 0 aliphatic carbocycles. The summed E-state index contributed by atoms with van der Waals surface area (Å²) in [6, 6.07) is 23.5. The van der Waals surface area contributed by atoms with Gasteiger partial charge in [-0.3, -0.25) is 14.5 Å². The topological polar surface area (TPSA) is 108 Å². The summed E-state index contributed by atoms with van der Waals surface area (Å²) < 4.78 is 0. The summed E-state index contributed by atoms with van der Waals surface area (Å²) in [5.41, 5.74) is 9.31. The molecule has 2 unspecified atom stereocenters. The largest absolute Gasteiger partial charge is 0.508 e. The van der Waals surface area contributed by atoms with E-state index in [-0.39, 0.29) is 11.7 Å². The molecule has 9 heteroatoms. The molecule has 1 heterocycles. The fourth-order valence-electron chi connectivity index (χ4n) is 4.80. The van der Waals surface area contributed by atoms with Crippen LogP contribution in [0.25, 0.3) is 0 Å². The Morgan fingerprint density at radius 3 is 2.34 bits per heavy atom. The van der Waals surface area contributed by atoms with Crippen molar-refractivity contribution in [3.05, 3.63) is 99.5 Å². The summed E-state index contributed by atoms with van der Waals surface area (Å²) >= 11 is 11.8. The molecule has 41 heavy (non-hydrogen) atoms. The lowest BCUT2D eigenvalue weighted by Gasteiger charge is -2.28. The monoisotopic (exact) mass is 598 g/mol. The van der Waals surface area contributed by atoms with Crippen molar-refractivity contribution in [1.82, 2.24) is 15.5 Å². The SMILES string of the molecule is NC1CCN(C(CCNC=O)CCc2ccccc2)C1.O=C(CCc1ccc(O)cc1)NCc1ccc(Cl)c(Cl)c1. The van der Waals surface area contributed by atoms with Crippen molar-refractivity contribution < 1.29 is 14.7 Å². The number of nitrogens with two attached hydrogens (primary N) is 1. The van der Waals surface area contributed by atoms with Gasteiger partial charge < -0.3 is 21.5 Å². The van der Waals surface area contributed by atoms with Crippen molar-refractivity contribution in [1.29, 1.82) is 0 Å². The van der Waals surface area contributed by atoms with Gasteiger partial charge in [-0.25, -0.2) is 0 Å². The van der Waals surface area contributed by atoms with Gasteiger partial charge >= 0.3 is 0 Å². The minimum atomic E-state index is -0.0332. The standard InChI is InChI=1S/C16H15Cl2NO2.C16H25N3O/c17-14-7-3-12(9-15(14)18)10-19-16(21)8-4-11-1-5-13(20)6-2-11;17-15-9-11-19(12-15)16(8-10-18-13-20)7-6-14-4-2-1-3-5-14/h1-3,5-7,9,20H,4,8,10H2,(H,19,21);1-5,13,15-16H,6-12,17H2,(H,18,20). The van der Waals surface area contributed by atoms with E-state index in [1.54, 1.807) is 24.3 Å². The average molecular weight is 600 g/mol. The number of benzene rings is 3. The molecule has 5 N–H and O–H groups in total. The van der Waals surface area contributed by atoms with E-state index in [2.05, 4.69) is 45.9 Å². The number of nitrogens with zero attached hydrogens (tertiary/aromatic N) is 1. The molecule has 0 saturated carbocycles. The fourth-order valence-corrected chi connectivity index (χ4v) is 5.12. The van der Waals surface area contributed by atoms with Gasteiger partial charge in [-0.15, -0.1) is 0 Å².